The number of carbonyl (C=O) groups is 1. The van der Waals surface area contributed by atoms with Crippen LogP contribution in [0.15, 0.2) is 54.6 Å². The van der Waals surface area contributed by atoms with Crippen molar-refractivity contribution in [3.8, 4) is 6.07 Å². The predicted octanol–water partition coefficient (Wildman–Crippen LogP) is 4.29. The number of nitrogens with zero attached hydrogens (tertiary/aromatic N) is 2. The maximum absolute atomic E-state index is 12.7. The summed E-state index contributed by atoms with van der Waals surface area (Å²) in [5.74, 6) is -0.189. The van der Waals surface area contributed by atoms with Crippen molar-refractivity contribution in [2.75, 3.05) is 4.90 Å². The molecule has 0 heterocycles. The molecule has 0 saturated heterocycles. The number of anilines is 1. The molecule has 1 atom stereocenters. The molecule has 0 aliphatic rings. The zero-order valence-corrected chi connectivity index (χ0v) is 12.4. The first kappa shape index (κ1) is 15.1. The summed E-state index contributed by atoms with van der Waals surface area (Å²) in [5.41, 5.74) is 1.22. The van der Waals surface area contributed by atoms with Crippen LogP contribution in [0.2, 0.25) is 5.02 Å². The summed E-state index contributed by atoms with van der Waals surface area (Å²) >= 11 is 5.89. The number of hydrogen-bond donors (Lipinski definition) is 0. The minimum Gasteiger partial charge on any atom is -0.292 e. The van der Waals surface area contributed by atoms with Crippen molar-refractivity contribution in [3.63, 3.8) is 0 Å². The Balaban J connectivity index is 2.44. The van der Waals surface area contributed by atoms with Crippen LogP contribution in [0.5, 0.6) is 0 Å². The number of benzene rings is 2. The molecule has 0 aliphatic carbocycles. The van der Waals surface area contributed by atoms with Crippen LogP contribution in [0.25, 0.3) is 0 Å². The fraction of sp³-hybridized carbons (Fsp3) is 0.176. The maximum Gasteiger partial charge on any atom is 0.259 e. The van der Waals surface area contributed by atoms with Gasteiger partial charge in [0.1, 0.15) is 6.04 Å². The molecule has 0 aromatic heterocycles. The fourth-order valence-electron chi connectivity index (χ4n) is 2.09. The third-order valence-corrected chi connectivity index (χ3v) is 3.44. The van der Waals surface area contributed by atoms with E-state index in [0.29, 0.717) is 22.7 Å². The summed E-state index contributed by atoms with van der Waals surface area (Å²) in [6.07, 6.45) is 0.553. The van der Waals surface area contributed by atoms with E-state index in [2.05, 4.69) is 6.07 Å². The van der Waals surface area contributed by atoms with Gasteiger partial charge in [-0.3, -0.25) is 9.69 Å². The van der Waals surface area contributed by atoms with Gasteiger partial charge in [-0.1, -0.05) is 36.7 Å². The number of halogens is 1. The molecule has 0 fully saturated rings. The first-order valence-electron chi connectivity index (χ1n) is 6.71. The van der Waals surface area contributed by atoms with E-state index in [4.69, 9.17) is 11.6 Å². The quantitative estimate of drug-likeness (QED) is 0.845. The normalized spacial score (nSPS) is 11.5. The number of nitriles is 1. The summed E-state index contributed by atoms with van der Waals surface area (Å²) in [5, 5.41) is 9.93. The van der Waals surface area contributed by atoms with Crippen LogP contribution in [-0.2, 0) is 0 Å². The van der Waals surface area contributed by atoms with Gasteiger partial charge in [0.15, 0.2) is 0 Å². The summed E-state index contributed by atoms with van der Waals surface area (Å²) < 4.78 is 0. The van der Waals surface area contributed by atoms with E-state index in [0.717, 1.165) is 0 Å². The van der Waals surface area contributed by atoms with Gasteiger partial charge in [0.05, 0.1) is 6.07 Å². The van der Waals surface area contributed by atoms with Crippen LogP contribution in [0.3, 0.4) is 0 Å². The molecule has 2 aromatic rings. The van der Waals surface area contributed by atoms with Gasteiger partial charge in [-0.25, -0.2) is 0 Å². The minimum atomic E-state index is -0.515. The third kappa shape index (κ3) is 3.42. The predicted molar refractivity (Wildman–Crippen MR) is 84.4 cm³/mol. The van der Waals surface area contributed by atoms with E-state index in [-0.39, 0.29) is 5.91 Å². The molecule has 106 valence electrons. The zero-order valence-electron chi connectivity index (χ0n) is 11.7. The Morgan fingerprint density at radius 1 is 1.19 bits per heavy atom. The molecule has 0 saturated carbocycles. The largest absolute Gasteiger partial charge is 0.292 e. The smallest absolute Gasteiger partial charge is 0.259 e. The third-order valence-electron chi connectivity index (χ3n) is 3.19. The first-order chi connectivity index (χ1) is 10.2. The zero-order chi connectivity index (χ0) is 15.2. The molecule has 4 heteroatoms. The van der Waals surface area contributed by atoms with Crippen molar-refractivity contribution in [2.24, 2.45) is 0 Å². The SMILES string of the molecule is CCC(C#N)N(C(=O)c1ccccc1)c1ccc(Cl)cc1. The second-order valence-electron chi connectivity index (χ2n) is 4.57. The molecule has 3 nitrogen and oxygen atoms in total. The molecule has 0 aliphatic heterocycles. The fourth-order valence-corrected chi connectivity index (χ4v) is 2.22. The second-order valence-corrected chi connectivity index (χ2v) is 5.01. The molecule has 0 spiro atoms. The Morgan fingerprint density at radius 3 is 2.33 bits per heavy atom. The lowest BCUT2D eigenvalue weighted by atomic mass is 10.1. The molecular formula is C17H15ClN2O. The van der Waals surface area contributed by atoms with Crippen LogP contribution >= 0.6 is 11.6 Å². The number of rotatable bonds is 4. The maximum atomic E-state index is 12.7. The number of amides is 1. The van der Waals surface area contributed by atoms with E-state index in [1.54, 1.807) is 48.5 Å². The van der Waals surface area contributed by atoms with Crippen molar-refractivity contribution in [2.45, 2.75) is 19.4 Å². The van der Waals surface area contributed by atoms with Gasteiger partial charge in [0.2, 0.25) is 0 Å². The molecule has 0 bridgehead atoms. The Hall–Kier alpha value is -2.31. The molecule has 0 radical (unpaired) electrons. The van der Waals surface area contributed by atoms with Crippen molar-refractivity contribution in [1.29, 1.82) is 5.26 Å². The molecular weight excluding hydrogens is 284 g/mol. The number of hydrogen-bond acceptors (Lipinski definition) is 2. The summed E-state index contributed by atoms with van der Waals surface area (Å²) in [6, 6.07) is 17.6. The van der Waals surface area contributed by atoms with Crippen molar-refractivity contribution >= 4 is 23.2 Å². The van der Waals surface area contributed by atoms with Gasteiger partial charge in [0.25, 0.3) is 5.91 Å². The molecule has 0 N–H and O–H groups in total. The van der Waals surface area contributed by atoms with E-state index in [9.17, 15) is 10.1 Å². The van der Waals surface area contributed by atoms with E-state index in [1.165, 1.54) is 4.90 Å². The van der Waals surface area contributed by atoms with Crippen LogP contribution in [0.1, 0.15) is 23.7 Å². The molecule has 1 amide bonds. The highest BCUT2D eigenvalue weighted by molar-refractivity contribution is 6.30. The van der Waals surface area contributed by atoms with Gasteiger partial charge >= 0.3 is 0 Å². The molecule has 2 aromatic carbocycles. The van der Waals surface area contributed by atoms with E-state index < -0.39 is 6.04 Å². The summed E-state index contributed by atoms with van der Waals surface area (Å²) in [7, 11) is 0. The van der Waals surface area contributed by atoms with Gasteiger partial charge < -0.3 is 0 Å². The van der Waals surface area contributed by atoms with Crippen molar-refractivity contribution in [3.05, 3.63) is 65.2 Å². The van der Waals surface area contributed by atoms with Crippen LogP contribution < -0.4 is 4.90 Å². The second kappa shape index (κ2) is 6.92. The minimum absolute atomic E-state index is 0.189. The van der Waals surface area contributed by atoms with Crippen molar-refractivity contribution in [1.82, 2.24) is 0 Å². The van der Waals surface area contributed by atoms with Crippen LogP contribution in [0, 0.1) is 11.3 Å². The van der Waals surface area contributed by atoms with E-state index >= 15 is 0 Å². The first-order valence-corrected chi connectivity index (χ1v) is 7.09. The summed E-state index contributed by atoms with van der Waals surface area (Å²) in [4.78, 5) is 14.3. The van der Waals surface area contributed by atoms with Gasteiger partial charge in [-0.2, -0.15) is 5.26 Å². The standard InChI is InChI=1S/C17H15ClN2O/c1-2-15(12-19)20(16-10-8-14(18)9-11-16)17(21)13-6-4-3-5-7-13/h3-11,15H,2H2,1H3. The summed E-state index contributed by atoms with van der Waals surface area (Å²) in [6.45, 7) is 1.88. The average molecular weight is 299 g/mol. The average Bonchev–Trinajstić information content (AvgIpc) is 2.54. The lowest BCUT2D eigenvalue weighted by Crippen LogP contribution is -2.39. The Bertz CT molecular complexity index is 647. The number of carbonyl (C=O) groups excluding carboxylic acids is 1. The molecule has 2 rings (SSSR count). The lowest BCUT2D eigenvalue weighted by molar-refractivity contribution is 0.0981. The Morgan fingerprint density at radius 2 is 1.81 bits per heavy atom. The van der Waals surface area contributed by atoms with Crippen LogP contribution in [0.4, 0.5) is 5.69 Å². The van der Waals surface area contributed by atoms with Gasteiger partial charge in [-0.15, -0.1) is 0 Å². The monoisotopic (exact) mass is 298 g/mol. The molecule has 21 heavy (non-hydrogen) atoms. The lowest BCUT2D eigenvalue weighted by Gasteiger charge is -2.27. The van der Waals surface area contributed by atoms with Crippen LogP contribution in [-0.4, -0.2) is 11.9 Å². The Kier molecular flexibility index (Phi) is 4.97. The topological polar surface area (TPSA) is 44.1 Å². The van der Waals surface area contributed by atoms with E-state index in [1.807, 2.05) is 13.0 Å². The highest BCUT2D eigenvalue weighted by Crippen LogP contribution is 2.23. The van der Waals surface area contributed by atoms with Crippen molar-refractivity contribution < 1.29 is 4.79 Å². The highest BCUT2D eigenvalue weighted by Gasteiger charge is 2.24. The highest BCUT2D eigenvalue weighted by atomic mass is 35.5. The molecule has 1 unspecified atom stereocenters. The Labute approximate surface area is 129 Å². The van der Waals surface area contributed by atoms with Gasteiger partial charge in [0, 0.05) is 16.3 Å². The van der Waals surface area contributed by atoms with Gasteiger partial charge in [-0.05, 0) is 42.8 Å².